The minimum atomic E-state index is -1.30. The molecule has 2 aliphatic rings. The second kappa shape index (κ2) is 6.83. The molecule has 0 N–H and O–H groups in total. The Labute approximate surface area is 141 Å². The molecule has 2 atom stereocenters. The maximum absolute atomic E-state index is 12.8. The highest BCUT2D eigenvalue weighted by molar-refractivity contribution is 7.91. The first kappa shape index (κ1) is 18.3. The third-order valence-corrected chi connectivity index (χ3v) is 6.85. The molecule has 0 spiro atoms. The fraction of sp³-hybridized carbons (Fsp3) is 0.875. The molecule has 126 valence electrons. The zero-order valence-electron chi connectivity index (χ0n) is 14.4. The van der Waals surface area contributed by atoms with Gasteiger partial charge in [0.25, 0.3) is 0 Å². The van der Waals surface area contributed by atoms with Gasteiger partial charge in [0.15, 0.2) is 11.0 Å². The summed E-state index contributed by atoms with van der Waals surface area (Å²) < 4.78 is 30.6. The molecule has 0 aromatic carbocycles. The van der Waals surface area contributed by atoms with Crippen molar-refractivity contribution >= 4 is 35.2 Å². The molecule has 1 unspecified atom stereocenters. The Balaban J connectivity index is 2.07. The molecule has 0 radical (unpaired) electrons. The third-order valence-electron chi connectivity index (χ3n) is 3.73. The van der Waals surface area contributed by atoms with Crippen molar-refractivity contribution in [2.75, 3.05) is 6.54 Å². The van der Waals surface area contributed by atoms with Gasteiger partial charge in [-0.15, -0.1) is 0 Å². The Kier molecular flexibility index (Phi) is 5.68. The Bertz CT molecular complexity index is 450. The SMILES string of the molecule is CC(C)(C)[S+]([O-])/[N+](=C/C1CC1)CC(C)(C)[S@@+]([O-])N=CC1CC1. The van der Waals surface area contributed by atoms with Gasteiger partial charge in [0.2, 0.25) is 22.7 Å². The van der Waals surface area contributed by atoms with Crippen molar-refractivity contribution in [3.8, 4) is 0 Å². The molecule has 22 heavy (non-hydrogen) atoms. The summed E-state index contributed by atoms with van der Waals surface area (Å²) in [5, 5.41) is 0. The summed E-state index contributed by atoms with van der Waals surface area (Å²) >= 11 is -2.42. The minimum Gasteiger partial charge on any atom is -0.591 e. The predicted octanol–water partition coefficient (Wildman–Crippen LogP) is 2.87. The largest absolute Gasteiger partial charge is 0.591 e. The first-order chi connectivity index (χ1) is 10.1. The highest BCUT2D eigenvalue weighted by atomic mass is 32.2. The van der Waals surface area contributed by atoms with Crippen LogP contribution in [-0.4, -0.2) is 41.6 Å². The lowest BCUT2D eigenvalue weighted by Gasteiger charge is -2.24. The van der Waals surface area contributed by atoms with Crippen LogP contribution in [0.4, 0.5) is 0 Å². The Morgan fingerprint density at radius 1 is 1.05 bits per heavy atom. The zero-order chi connectivity index (χ0) is 16.5. The lowest BCUT2D eigenvalue weighted by atomic mass is 10.2. The summed E-state index contributed by atoms with van der Waals surface area (Å²) in [4.78, 5) is 0. The summed E-state index contributed by atoms with van der Waals surface area (Å²) in [5.41, 5.74) is 0. The lowest BCUT2D eigenvalue weighted by molar-refractivity contribution is -0.370. The van der Waals surface area contributed by atoms with Gasteiger partial charge in [0, 0.05) is 5.92 Å². The molecule has 0 aromatic heterocycles. The van der Waals surface area contributed by atoms with E-state index in [9.17, 15) is 9.11 Å². The van der Waals surface area contributed by atoms with Crippen molar-refractivity contribution in [3.63, 3.8) is 0 Å². The highest BCUT2D eigenvalue weighted by Crippen LogP contribution is 2.30. The second-order valence-electron chi connectivity index (χ2n) is 8.02. The topological polar surface area (TPSA) is 61.5 Å². The highest BCUT2D eigenvalue weighted by Gasteiger charge is 2.47. The molecular weight excluding hydrogens is 316 g/mol. The van der Waals surface area contributed by atoms with Crippen molar-refractivity contribution in [1.29, 1.82) is 0 Å². The van der Waals surface area contributed by atoms with E-state index >= 15 is 0 Å². The van der Waals surface area contributed by atoms with E-state index in [4.69, 9.17) is 0 Å². The van der Waals surface area contributed by atoms with Crippen molar-refractivity contribution < 1.29 is 13.1 Å². The molecule has 0 amide bonds. The van der Waals surface area contributed by atoms with Gasteiger partial charge in [-0.05, 0) is 70.2 Å². The molecule has 0 aliphatic heterocycles. The first-order valence-electron chi connectivity index (χ1n) is 8.09. The normalized spacial score (nSPS) is 23.9. The minimum absolute atomic E-state index is 0.319. The van der Waals surface area contributed by atoms with Crippen molar-refractivity contribution in [3.05, 3.63) is 0 Å². The van der Waals surface area contributed by atoms with Gasteiger partial charge >= 0.3 is 0 Å². The van der Waals surface area contributed by atoms with Gasteiger partial charge in [0.05, 0.1) is 6.21 Å². The zero-order valence-corrected chi connectivity index (χ0v) is 16.0. The molecule has 0 bridgehead atoms. The molecule has 4 nitrogen and oxygen atoms in total. The van der Waals surface area contributed by atoms with Gasteiger partial charge < -0.3 is 9.11 Å². The molecule has 0 aromatic rings. The van der Waals surface area contributed by atoms with E-state index < -0.39 is 27.5 Å². The lowest BCUT2D eigenvalue weighted by Crippen LogP contribution is -2.46. The van der Waals surface area contributed by atoms with Crippen LogP contribution in [0.3, 0.4) is 0 Å². The number of hydrogen-bond acceptors (Lipinski definition) is 3. The van der Waals surface area contributed by atoms with Gasteiger partial charge in [0.1, 0.15) is 11.4 Å². The molecule has 2 rings (SSSR count). The van der Waals surface area contributed by atoms with Gasteiger partial charge in [-0.1, -0.05) is 4.40 Å². The number of nitrogens with zero attached hydrogens (tertiary/aromatic N) is 2. The maximum Gasteiger partial charge on any atom is 0.246 e. The maximum atomic E-state index is 12.8. The van der Waals surface area contributed by atoms with E-state index in [-0.39, 0.29) is 4.75 Å². The standard InChI is InChI=1S/C16H29N2O2S2/c1-15(2,3)22(20)18(11-14-8-9-14)12-16(4,5)21(19)17-10-13-6-7-13/h10-11,13-14H,6-9,12H2,1-5H3/q+1/b17-10?,18-11+/t21-,22?/m1/s1. The van der Waals surface area contributed by atoms with Crippen LogP contribution >= 0.6 is 0 Å². The van der Waals surface area contributed by atoms with E-state index in [0.717, 1.165) is 12.8 Å². The van der Waals surface area contributed by atoms with Crippen LogP contribution in [0.15, 0.2) is 4.40 Å². The molecular formula is C16H29N2O2S2+. The van der Waals surface area contributed by atoms with E-state index in [1.165, 1.54) is 12.8 Å². The van der Waals surface area contributed by atoms with E-state index in [1.54, 1.807) is 0 Å². The van der Waals surface area contributed by atoms with Crippen LogP contribution < -0.4 is 0 Å². The monoisotopic (exact) mass is 345 g/mol. The summed E-state index contributed by atoms with van der Waals surface area (Å²) in [7, 11) is 0. The number of rotatable bonds is 7. The van der Waals surface area contributed by atoms with Crippen LogP contribution in [-0.2, 0) is 22.7 Å². The first-order valence-corrected chi connectivity index (χ1v) is 10.3. The van der Waals surface area contributed by atoms with Crippen LogP contribution in [0.5, 0.6) is 0 Å². The van der Waals surface area contributed by atoms with Crippen LogP contribution in [0.25, 0.3) is 0 Å². The van der Waals surface area contributed by atoms with Crippen molar-refractivity contribution in [2.24, 2.45) is 16.2 Å². The average molecular weight is 346 g/mol. The third kappa shape index (κ3) is 5.55. The fourth-order valence-corrected chi connectivity index (χ4v) is 4.28. The van der Waals surface area contributed by atoms with Crippen LogP contribution in [0, 0.1) is 11.8 Å². The van der Waals surface area contributed by atoms with Gasteiger partial charge in [-0.3, -0.25) is 0 Å². The molecule has 0 saturated heterocycles. The number of hydrogen-bond donors (Lipinski definition) is 0. The quantitative estimate of drug-likeness (QED) is 0.405. The van der Waals surface area contributed by atoms with E-state index in [2.05, 4.69) is 10.6 Å². The smallest absolute Gasteiger partial charge is 0.246 e. The molecule has 2 saturated carbocycles. The van der Waals surface area contributed by atoms with Crippen molar-refractivity contribution in [2.45, 2.75) is 69.8 Å². The molecule has 2 fully saturated rings. The summed E-state index contributed by atoms with van der Waals surface area (Å²) in [6.07, 6.45) is 8.59. The molecule has 6 heteroatoms. The van der Waals surface area contributed by atoms with E-state index in [1.807, 2.05) is 44.8 Å². The predicted molar refractivity (Wildman–Crippen MR) is 95.2 cm³/mol. The summed E-state index contributed by atoms with van der Waals surface area (Å²) in [5.74, 6) is 1.06. The Hall–Kier alpha value is -0.0400. The van der Waals surface area contributed by atoms with Gasteiger partial charge in [-0.2, -0.15) is 0 Å². The van der Waals surface area contributed by atoms with Gasteiger partial charge in [-0.25, -0.2) is 0 Å². The van der Waals surface area contributed by atoms with Crippen LogP contribution in [0.1, 0.15) is 60.3 Å². The summed E-state index contributed by atoms with van der Waals surface area (Å²) in [6, 6.07) is 0. The molecule has 0 heterocycles. The fourth-order valence-electron chi connectivity index (χ4n) is 1.96. The van der Waals surface area contributed by atoms with Crippen molar-refractivity contribution in [1.82, 2.24) is 0 Å². The second-order valence-corrected chi connectivity index (χ2v) is 12.0. The summed E-state index contributed by atoms with van der Waals surface area (Å²) in [6.45, 7) is 10.3. The van der Waals surface area contributed by atoms with Crippen LogP contribution in [0.2, 0.25) is 0 Å². The van der Waals surface area contributed by atoms with E-state index in [0.29, 0.717) is 18.4 Å². The Morgan fingerprint density at radius 2 is 1.59 bits per heavy atom. The Morgan fingerprint density at radius 3 is 2.05 bits per heavy atom. The molecule has 2 aliphatic carbocycles. The average Bonchev–Trinajstić information content (AvgIpc) is 3.26.